The third kappa shape index (κ3) is 5.69. The first-order valence-electron chi connectivity index (χ1n) is 9.30. The van der Waals surface area contributed by atoms with Crippen molar-refractivity contribution in [3.05, 3.63) is 65.7 Å². The Morgan fingerprint density at radius 3 is 2.74 bits per heavy atom. The number of pyridine rings is 1. The number of benzene rings is 1. The smallest absolute Gasteiger partial charge is 0.234 e. The number of hydrogen-bond donors (Lipinski definition) is 1. The molecule has 0 spiro atoms. The van der Waals surface area contributed by atoms with E-state index in [1.807, 2.05) is 11.0 Å². The average Bonchev–Trinajstić information content (AvgIpc) is 2.70. The summed E-state index contributed by atoms with van der Waals surface area (Å²) in [7, 11) is 0. The second-order valence-corrected chi connectivity index (χ2v) is 6.88. The lowest BCUT2D eigenvalue weighted by atomic mass is 9.92. The zero-order valence-electron chi connectivity index (χ0n) is 15.2. The Morgan fingerprint density at radius 2 is 2.00 bits per heavy atom. The number of amides is 1. The number of nitrogens with one attached hydrogen (secondary N) is 1. The van der Waals surface area contributed by atoms with E-state index < -0.39 is 0 Å². The molecule has 27 heavy (non-hydrogen) atoms. The van der Waals surface area contributed by atoms with Crippen LogP contribution in [0, 0.1) is 11.7 Å². The highest BCUT2D eigenvalue weighted by Crippen LogP contribution is 2.20. The number of ketones is 1. The molecule has 1 amide bonds. The van der Waals surface area contributed by atoms with Crippen molar-refractivity contribution in [2.24, 2.45) is 5.92 Å². The van der Waals surface area contributed by atoms with Crippen LogP contribution in [0.25, 0.3) is 0 Å². The molecule has 0 saturated carbocycles. The fraction of sp³-hybridized carbons (Fsp3) is 0.381. The predicted octanol–water partition coefficient (Wildman–Crippen LogP) is 2.47. The molecular weight excluding hydrogens is 345 g/mol. The number of carbonyl (C=O) groups excluding carboxylic acids is 2. The minimum atomic E-state index is -0.261. The third-order valence-corrected chi connectivity index (χ3v) is 4.81. The Bertz CT molecular complexity index is 765. The summed E-state index contributed by atoms with van der Waals surface area (Å²) in [6.45, 7) is 2.20. The first-order chi connectivity index (χ1) is 13.1. The van der Waals surface area contributed by atoms with Crippen molar-refractivity contribution in [3.63, 3.8) is 0 Å². The van der Waals surface area contributed by atoms with Crippen LogP contribution >= 0.6 is 0 Å². The fourth-order valence-corrected chi connectivity index (χ4v) is 3.39. The van der Waals surface area contributed by atoms with Crippen LogP contribution in [0.2, 0.25) is 0 Å². The van der Waals surface area contributed by atoms with Gasteiger partial charge in [0.05, 0.1) is 6.54 Å². The van der Waals surface area contributed by atoms with E-state index in [4.69, 9.17) is 0 Å². The van der Waals surface area contributed by atoms with Crippen LogP contribution in [0.15, 0.2) is 48.7 Å². The Kier molecular flexibility index (Phi) is 6.65. The molecule has 0 bridgehead atoms. The predicted molar refractivity (Wildman–Crippen MR) is 101 cm³/mol. The van der Waals surface area contributed by atoms with Crippen molar-refractivity contribution in [1.29, 1.82) is 0 Å². The van der Waals surface area contributed by atoms with Crippen molar-refractivity contribution in [3.8, 4) is 0 Å². The van der Waals surface area contributed by atoms with Gasteiger partial charge in [-0.1, -0.05) is 18.2 Å². The van der Waals surface area contributed by atoms with E-state index in [9.17, 15) is 14.0 Å². The number of likely N-dealkylation sites (tertiary alicyclic amines) is 1. The summed E-state index contributed by atoms with van der Waals surface area (Å²) in [5, 5.41) is 2.90. The van der Waals surface area contributed by atoms with Gasteiger partial charge in [0, 0.05) is 25.2 Å². The maximum Gasteiger partial charge on any atom is 0.234 e. The average molecular weight is 369 g/mol. The number of nitrogens with zero attached hydrogens (tertiary/aromatic N) is 2. The van der Waals surface area contributed by atoms with Gasteiger partial charge in [-0.05, 0) is 55.6 Å². The van der Waals surface area contributed by atoms with Gasteiger partial charge in [-0.3, -0.25) is 19.5 Å². The molecule has 0 radical (unpaired) electrons. The topological polar surface area (TPSA) is 62.3 Å². The number of Topliss-reactive ketones (excluding diaryl/α,β-unsaturated/α-hetero) is 1. The lowest BCUT2D eigenvalue weighted by Gasteiger charge is -2.31. The lowest BCUT2D eigenvalue weighted by Crippen LogP contribution is -2.44. The number of halogens is 1. The molecule has 5 nitrogen and oxygen atoms in total. The van der Waals surface area contributed by atoms with Gasteiger partial charge in [0.15, 0.2) is 5.78 Å². The van der Waals surface area contributed by atoms with E-state index in [0.717, 1.165) is 24.9 Å². The Hall–Kier alpha value is -2.60. The van der Waals surface area contributed by atoms with Gasteiger partial charge in [0.1, 0.15) is 11.5 Å². The maximum absolute atomic E-state index is 12.9. The third-order valence-electron chi connectivity index (χ3n) is 4.81. The monoisotopic (exact) mass is 369 g/mol. The van der Waals surface area contributed by atoms with Gasteiger partial charge < -0.3 is 5.32 Å². The highest BCUT2D eigenvalue weighted by Gasteiger charge is 2.28. The second kappa shape index (κ2) is 9.37. The first-order valence-corrected chi connectivity index (χ1v) is 9.30. The molecule has 2 heterocycles. The molecule has 1 aliphatic heterocycles. The largest absolute Gasteiger partial charge is 0.355 e. The molecule has 142 valence electrons. The molecule has 2 aromatic rings. The normalized spacial score (nSPS) is 17.4. The van der Waals surface area contributed by atoms with Crippen molar-refractivity contribution in [2.45, 2.75) is 19.3 Å². The SMILES string of the molecule is O=C(CN1CCC[C@H](C(=O)c2ccccn2)C1)NCCc1ccc(F)cc1. The first kappa shape index (κ1) is 19.2. The summed E-state index contributed by atoms with van der Waals surface area (Å²) < 4.78 is 12.9. The van der Waals surface area contributed by atoms with E-state index >= 15 is 0 Å². The van der Waals surface area contributed by atoms with Crippen molar-refractivity contribution >= 4 is 11.7 Å². The van der Waals surface area contributed by atoms with Crippen LogP contribution in [-0.4, -0.2) is 47.8 Å². The number of carbonyl (C=O) groups is 2. The van der Waals surface area contributed by atoms with Crippen molar-refractivity contribution < 1.29 is 14.0 Å². The maximum atomic E-state index is 12.9. The molecule has 6 heteroatoms. The van der Waals surface area contributed by atoms with Crippen molar-refractivity contribution in [1.82, 2.24) is 15.2 Å². The summed E-state index contributed by atoms with van der Waals surface area (Å²) in [4.78, 5) is 30.9. The highest BCUT2D eigenvalue weighted by molar-refractivity contribution is 5.96. The van der Waals surface area contributed by atoms with Crippen LogP contribution in [0.4, 0.5) is 4.39 Å². The number of hydrogen-bond acceptors (Lipinski definition) is 4. The van der Waals surface area contributed by atoms with E-state index in [-0.39, 0.29) is 30.0 Å². The molecule has 1 aromatic heterocycles. The number of rotatable bonds is 7. The highest BCUT2D eigenvalue weighted by atomic mass is 19.1. The van der Waals surface area contributed by atoms with Gasteiger partial charge in [-0.15, -0.1) is 0 Å². The van der Waals surface area contributed by atoms with Crippen molar-refractivity contribution in [2.75, 3.05) is 26.2 Å². The summed E-state index contributed by atoms with van der Waals surface area (Å²) >= 11 is 0. The van der Waals surface area contributed by atoms with Gasteiger partial charge >= 0.3 is 0 Å². The molecule has 0 unspecified atom stereocenters. The van der Waals surface area contributed by atoms with Crippen LogP contribution < -0.4 is 5.32 Å². The second-order valence-electron chi connectivity index (χ2n) is 6.88. The molecular formula is C21H24FN3O2. The fourth-order valence-electron chi connectivity index (χ4n) is 3.39. The molecule has 1 atom stereocenters. The zero-order chi connectivity index (χ0) is 19.1. The molecule has 1 saturated heterocycles. The molecule has 1 aromatic carbocycles. The summed E-state index contributed by atoms with van der Waals surface area (Å²) in [5.41, 5.74) is 1.48. The quantitative estimate of drug-likeness (QED) is 0.762. The standard InChI is InChI=1S/C21H24FN3O2/c22-18-8-6-16(7-9-18)10-12-24-20(26)15-25-13-3-4-17(14-25)21(27)19-5-1-2-11-23-19/h1-2,5-9,11,17H,3-4,10,12-15H2,(H,24,26)/t17-/m0/s1. The minimum absolute atomic E-state index is 0.0527. The van der Waals surface area contributed by atoms with Crippen LogP contribution in [-0.2, 0) is 11.2 Å². The summed E-state index contributed by atoms with van der Waals surface area (Å²) in [6, 6.07) is 11.6. The van der Waals surface area contributed by atoms with Gasteiger partial charge in [0.25, 0.3) is 0 Å². The summed E-state index contributed by atoms with van der Waals surface area (Å²) in [6.07, 6.45) is 4.01. The zero-order valence-corrected chi connectivity index (χ0v) is 15.2. The number of piperidine rings is 1. The molecule has 1 N–H and O–H groups in total. The van der Waals surface area contributed by atoms with Crippen LogP contribution in [0.1, 0.15) is 28.9 Å². The van der Waals surface area contributed by atoms with Gasteiger partial charge in [0.2, 0.25) is 5.91 Å². The van der Waals surface area contributed by atoms with Gasteiger partial charge in [-0.25, -0.2) is 4.39 Å². The van der Waals surface area contributed by atoms with Crippen LogP contribution in [0.5, 0.6) is 0 Å². The molecule has 3 rings (SSSR count). The summed E-state index contributed by atoms with van der Waals surface area (Å²) in [5.74, 6) is -0.372. The van der Waals surface area contributed by atoms with E-state index in [0.29, 0.717) is 25.2 Å². The van der Waals surface area contributed by atoms with E-state index in [1.165, 1.54) is 12.1 Å². The van der Waals surface area contributed by atoms with Crippen LogP contribution in [0.3, 0.4) is 0 Å². The van der Waals surface area contributed by atoms with E-state index in [1.54, 1.807) is 30.5 Å². The molecule has 0 aliphatic carbocycles. The Labute approximate surface area is 158 Å². The minimum Gasteiger partial charge on any atom is -0.355 e. The molecule has 1 aliphatic rings. The van der Waals surface area contributed by atoms with Gasteiger partial charge in [-0.2, -0.15) is 0 Å². The van der Waals surface area contributed by atoms with E-state index in [2.05, 4.69) is 10.3 Å². The number of aromatic nitrogens is 1. The Balaban J connectivity index is 1.43. The lowest BCUT2D eigenvalue weighted by molar-refractivity contribution is -0.122. The molecule has 1 fully saturated rings. The Morgan fingerprint density at radius 1 is 1.19 bits per heavy atom.